The molecule has 1 aliphatic heterocycles. The number of amides is 1. The largest absolute Gasteiger partial charge is 0.444 e. The summed E-state index contributed by atoms with van der Waals surface area (Å²) in [5, 5.41) is 13.2. The second-order valence-corrected chi connectivity index (χ2v) is 6.96. The summed E-state index contributed by atoms with van der Waals surface area (Å²) in [6.07, 6.45) is 2.86. The molecule has 1 aliphatic rings. The highest BCUT2D eigenvalue weighted by atomic mass is 16.6. The third-order valence-electron chi connectivity index (χ3n) is 3.93. The highest BCUT2D eigenvalue weighted by Crippen LogP contribution is 2.35. The molecule has 3 heterocycles. The minimum Gasteiger partial charge on any atom is -0.444 e. The summed E-state index contributed by atoms with van der Waals surface area (Å²) in [6.45, 7) is 6.14. The van der Waals surface area contributed by atoms with Crippen molar-refractivity contribution in [3.63, 3.8) is 0 Å². The first-order valence-electron chi connectivity index (χ1n) is 8.21. The van der Waals surface area contributed by atoms with Gasteiger partial charge in [-0.3, -0.25) is 4.90 Å². The molecular formula is C18H20N4O3. The summed E-state index contributed by atoms with van der Waals surface area (Å²) in [5.41, 5.74) is 0.893. The SMILES string of the molecule is CC(C)(C)OC(=O)N1CCC[C@H]1c1cc(-c2cccnc2C#N)no1. The van der Waals surface area contributed by atoms with Crippen molar-refractivity contribution in [1.29, 1.82) is 5.26 Å². The first-order valence-corrected chi connectivity index (χ1v) is 8.21. The smallest absolute Gasteiger partial charge is 0.410 e. The van der Waals surface area contributed by atoms with Gasteiger partial charge in [-0.2, -0.15) is 5.26 Å². The molecule has 0 saturated carbocycles. The molecule has 7 heteroatoms. The second-order valence-electron chi connectivity index (χ2n) is 6.96. The van der Waals surface area contributed by atoms with Gasteiger partial charge in [-0.25, -0.2) is 9.78 Å². The number of likely N-dealkylation sites (tertiary alicyclic amines) is 1. The van der Waals surface area contributed by atoms with E-state index in [9.17, 15) is 10.1 Å². The van der Waals surface area contributed by atoms with Crippen molar-refractivity contribution in [2.24, 2.45) is 0 Å². The van der Waals surface area contributed by atoms with Crippen LogP contribution >= 0.6 is 0 Å². The summed E-state index contributed by atoms with van der Waals surface area (Å²) in [5.74, 6) is 0.589. The lowest BCUT2D eigenvalue weighted by atomic mass is 10.1. The molecule has 25 heavy (non-hydrogen) atoms. The first kappa shape index (κ1) is 17.0. The van der Waals surface area contributed by atoms with Gasteiger partial charge in [0.2, 0.25) is 0 Å². The van der Waals surface area contributed by atoms with Gasteiger partial charge in [-0.15, -0.1) is 0 Å². The predicted octanol–water partition coefficient (Wildman–Crippen LogP) is 3.68. The molecule has 0 spiro atoms. The molecule has 7 nitrogen and oxygen atoms in total. The molecule has 0 unspecified atom stereocenters. The van der Waals surface area contributed by atoms with Gasteiger partial charge in [0.05, 0.1) is 6.04 Å². The van der Waals surface area contributed by atoms with Crippen LogP contribution in [-0.4, -0.2) is 33.3 Å². The Morgan fingerprint density at radius 1 is 1.48 bits per heavy atom. The molecule has 0 aromatic carbocycles. The number of nitrogens with zero attached hydrogens (tertiary/aromatic N) is 4. The molecule has 130 valence electrons. The number of carbonyl (C=O) groups is 1. The average Bonchev–Trinajstić information content (AvgIpc) is 3.22. The summed E-state index contributed by atoms with van der Waals surface area (Å²) in [7, 11) is 0. The van der Waals surface area contributed by atoms with E-state index in [4.69, 9.17) is 9.26 Å². The third kappa shape index (κ3) is 3.63. The molecule has 1 amide bonds. The maximum atomic E-state index is 12.4. The fraction of sp³-hybridized carbons (Fsp3) is 0.444. The Hall–Kier alpha value is -2.88. The van der Waals surface area contributed by atoms with Crippen molar-refractivity contribution in [2.75, 3.05) is 6.54 Å². The summed E-state index contributed by atoms with van der Waals surface area (Å²) in [4.78, 5) is 18.1. The monoisotopic (exact) mass is 340 g/mol. The maximum absolute atomic E-state index is 12.4. The lowest BCUT2D eigenvalue weighted by molar-refractivity contribution is 0.0204. The fourth-order valence-electron chi connectivity index (χ4n) is 2.88. The number of hydrogen-bond acceptors (Lipinski definition) is 6. The highest BCUT2D eigenvalue weighted by Gasteiger charge is 2.35. The number of carbonyl (C=O) groups excluding carboxylic acids is 1. The van der Waals surface area contributed by atoms with Gasteiger partial charge >= 0.3 is 6.09 Å². The van der Waals surface area contributed by atoms with Crippen LogP contribution in [0, 0.1) is 11.3 Å². The zero-order chi connectivity index (χ0) is 18.0. The van der Waals surface area contributed by atoms with Crippen LogP contribution in [0.2, 0.25) is 0 Å². The fourth-order valence-corrected chi connectivity index (χ4v) is 2.88. The molecule has 0 aliphatic carbocycles. The molecule has 0 bridgehead atoms. The van der Waals surface area contributed by atoms with Gasteiger partial charge in [-0.1, -0.05) is 5.16 Å². The number of hydrogen-bond donors (Lipinski definition) is 0. The Bertz CT molecular complexity index is 816. The Morgan fingerprint density at radius 3 is 3.00 bits per heavy atom. The number of pyridine rings is 1. The molecular weight excluding hydrogens is 320 g/mol. The topological polar surface area (TPSA) is 92.2 Å². The third-order valence-corrected chi connectivity index (χ3v) is 3.93. The Morgan fingerprint density at radius 2 is 2.28 bits per heavy atom. The maximum Gasteiger partial charge on any atom is 0.410 e. The quantitative estimate of drug-likeness (QED) is 0.828. The van der Waals surface area contributed by atoms with Gasteiger partial charge in [0.25, 0.3) is 0 Å². The second kappa shape index (κ2) is 6.55. The Kier molecular flexibility index (Phi) is 4.45. The summed E-state index contributed by atoms with van der Waals surface area (Å²) >= 11 is 0. The van der Waals surface area contributed by atoms with E-state index in [0.29, 0.717) is 23.6 Å². The van der Waals surface area contributed by atoms with Crippen molar-refractivity contribution < 1.29 is 14.1 Å². The summed E-state index contributed by atoms with van der Waals surface area (Å²) < 4.78 is 10.9. The standard InChI is InChI=1S/C18H20N4O3/c1-18(2,3)24-17(23)22-9-5-7-15(22)16-10-13(21-25-16)12-6-4-8-20-14(12)11-19/h4,6,8,10,15H,5,7,9H2,1-3H3/t15-/m0/s1. The van der Waals surface area contributed by atoms with Crippen LogP contribution in [0.25, 0.3) is 11.3 Å². The van der Waals surface area contributed by atoms with E-state index in [-0.39, 0.29) is 17.8 Å². The van der Waals surface area contributed by atoms with Gasteiger partial charge < -0.3 is 9.26 Å². The van der Waals surface area contributed by atoms with E-state index in [1.807, 2.05) is 26.8 Å². The van der Waals surface area contributed by atoms with E-state index in [0.717, 1.165) is 12.8 Å². The molecule has 1 saturated heterocycles. The highest BCUT2D eigenvalue weighted by molar-refractivity contribution is 5.69. The molecule has 2 aromatic heterocycles. The van der Waals surface area contributed by atoms with E-state index in [2.05, 4.69) is 10.1 Å². The summed E-state index contributed by atoms with van der Waals surface area (Å²) in [6, 6.07) is 7.12. The van der Waals surface area contributed by atoms with Crippen LogP contribution < -0.4 is 0 Å². The van der Waals surface area contributed by atoms with Crippen LogP contribution in [-0.2, 0) is 4.74 Å². The number of aromatic nitrogens is 2. The normalized spacial score (nSPS) is 17.4. The first-order chi connectivity index (χ1) is 11.9. The van der Waals surface area contributed by atoms with Crippen LogP contribution in [0.3, 0.4) is 0 Å². The average molecular weight is 340 g/mol. The van der Waals surface area contributed by atoms with Gasteiger partial charge in [0.1, 0.15) is 23.1 Å². The lowest BCUT2D eigenvalue weighted by Gasteiger charge is -2.27. The van der Waals surface area contributed by atoms with Crippen LogP contribution in [0.1, 0.15) is 51.1 Å². The van der Waals surface area contributed by atoms with E-state index in [1.165, 1.54) is 0 Å². The number of rotatable bonds is 2. The predicted molar refractivity (Wildman–Crippen MR) is 89.4 cm³/mol. The molecule has 0 N–H and O–H groups in total. The van der Waals surface area contributed by atoms with Crippen LogP contribution in [0.5, 0.6) is 0 Å². The molecule has 0 radical (unpaired) electrons. The van der Waals surface area contributed by atoms with Gasteiger partial charge in [0, 0.05) is 24.4 Å². The number of nitriles is 1. The lowest BCUT2D eigenvalue weighted by Crippen LogP contribution is -2.36. The minimum atomic E-state index is -0.547. The van der Waals surface area contributed by atoms with Crippen molar-refractivity contribution in [1.82, 2.24) is 15.0 Å². The molecule has 3 rings (SSSR count). The molecule has 1 fully saturated rings. The van der Waals surface area contributed by atoms with Crippen molar-refractivity contribution in [3.8, 4) is 17.3 Å². The van der Waals surface area contributed by atoms with Gasteiger partial charge in [-0.05, 0) is 45.7 Å². The van der Waals surface area contributed by atoms with Crippen molar-refractivity contribution in [2.45, 2.75) is 45.3 Å². The Labute approximate surface area is 146 Å². The van der Waals surface area contributed by atoms with E-state index >= 15 is 0 Å². The zero-order valence-electron chi connectivity index (χ0n) is 14.5. The van der Waals surface area contributed by atoms with Gasteiger partial charge in [0.15, 0.2) is 5.76 Å². The molecule has 2 aromatic rings. The van der Waals surface area contributed by atoms with Crippen molar-refractivity contribution in [3.05, 3.63) is 35.9 Å². The zero-order valence-corrected chi connectivity index (χ0v) is 14.5. The van der Waals surface area contributed by atoms with E-state index < -0.39 is 5.60 Å². The molecule has 1 atom stereocenters. The van der Waals surface area contributed by atoms with Crippen molar-refractivity contribution >= 4 is 6.09 Å². The number of ether oxygens (including phenoxy) is 1. The van der Waals surface area contributed by atoms with E-state index in [1.54, 1.807) is 29.3 Å². The Balaban J connectivity index is 1.84. The minimum absolute atomic E-state index is 0.210. The van der Waals surface area contributed by atoms with Crippen LogP contribution in [0.4, 0.5) is 4.79 Å². The van der Waals surface area contributed by atoms with Crippen LogP contribution in [0.15, 0.2) is 28.9 Å².